The molecular formula is C21H18ClNO4. The molecule has 1 aliphatic heterocycles. The van der Waals surface area contributed by atoms with E-state index in [-0.39, 0.29) is 17.9 Å². The van der Waals surface area contributed by atoms with Gasteiger partial charge in [0.1, 0.15) is 11.5 Å². The third-order valence-electron chi connectivity index (χ3n) is 4.41. The number of benzene rings is 2. The molecule has 1 unspecified atom stereocenters. The van der Waals surface area contributed by atoms with Crippen LogP contribution in [-0.2, 0) is 9.59 Å². The summed E-state index contributed by atoms with van der Waals surface area (Å²) in [4.78, 5) is 26.6. The van der Waals surface area contributed by atoms with Gasteiger partial charge in [-0.1, -0.05) is 29.8 Å². The molecule has 1 heterocycles. The van der Waals surface area contributed by atoms with Crippen molar-refractivity contribution in [3.63, 3.8) is 0 Å². The number of rotatable bonds is 5. The molecule has 0 bridgehead atoms. The highest BCUT2D eigenvalue weighted by Gasteiger charge is 2.45. The van der Waals surface area contributed by atoms with Crippen LogP contribution in [0, 0.1) is 0 Å². The number of methoxy groups -OCH3 is 1. The number of ether oxygens (including phenoxy) is 1. The van der Waals surface area contributed by atoms with Crippen molar-refractivity contribution in [1.82, 2.24) is 4.90 Å². The molecule has 6 heteroatoms. The van der Waals surface area contributed by atoms with Gasteiger partial charge in [0.25, 0.3) is 11.7 Å². The zero-order valence-corrected chi connectivity index (χ0v) is 15.4. The molecule has 0 saturated carbocycles. The van der Waals surface area contributed by atoms with Crippen LogP contribution in [0.5, 0.6) is 5.75 Å². The molecule has 1 aliphatic rings. The summed E-state index contributed by atoms with van der Waals surface area (Å²) in [5.41, 5.74) is 1.14. The molecule has 1 N–H and O–H groups in total. The summed E-state index contributed by atoms with van der Waals surface area (Å²) < 4.78 is 5.17. The highest BCUT2D eigenvalue weighted by molar-refractivity contribution is 6.46. The number of amides is 1. The molecule has 138 valence electrons. The molecule has 1 saturated heterocycles. The van der Waals surface area contributed by atoms with Crippen LogP contribution in [0.1, 0.15) is 17.2 Å². The highest BCUT2D eigenvalue weighted by atomic mass is 35.5. The number of halogens is 1. The molecule has 1 fully saturated rings. The highest BCUT2D eigenvalue weighted by Crippen LogP contribution is 2.39. The number of nitrogens with zero attached hydrogens (tertiary/aromatic N) is 1. The van der Waals surface area contributed by atoms with Crippen molar-refractivity contribution < 1.29 is 19.4 Å². The van der Waals surface area contributed by atoms with E-state index in [1.165, 1.54) is 4.90 Å². The lowest BCUT2D eigenvalue weighted by Crippen LogP contribution is -2.29. The zero-order valence-electron chi connectivity index (χ0n) is 14.7. The fourth-order valence-electron chi connectivity index (χ4n) is 3.10. The maximum Gasteiger partial charge on any atom is 0.295 e. The van der Waals surface area contributed by atoms with E-state index in [4.69, 9.17) is 16.3 Å². The van der Waals surface area contributed by atoms with Gasteiger partial charge in [0.05, 0.1) is 18.7 Å². The monoisotopic (exact) mass is 383 g/mol. The Morgan fingerprint density at radius 2 is 1.81 bits per heavy atom. The first-order valence-corrected chi connectivity index (χ1v) is 8.65. The van der Waals surface area contributed by atoms with E-state index in [2.05, 4.69) is 6.58 Å². The van der Waals surface area contributed by atoms with Crippen molar-refractivity contribution in [3.8, 4) is 5.75 Å². The van der Waals surface area contributed by atoms with Gasteiger partial charge in [-0.3, -0.25) is 9.59 Å². The molecule has 0 aliphatic carbocycles. The van der Waals surface area contributed by atoms with Gasteiger partial charge in [0.15, 0.2) is 0 Å². The largest absolute Gasteiger partial charge is 0.507 e. The Morgan fingerprint density at radius 1 is 1.19 bits per heavy atom. The Hall–Kier alpha value is -3.05. The average molecular weight is 384 g/mol. The first-order chi connectivity index (χ1) is 13.0. The van der Waals surface area contributed by atoms with E-state index in [1.54, 1.807) is 61.7 Å². The Bertz CT molecular complexity index is 916. The summed E-state index contributed by atoms with van der Waals surface area (Å²) in [5.74, 6) is -0.995. The van der Waals surface area contributed by atoms with Crippen LogP contribution in [-0.4, -0.2) is 35.4 Å². The van der Waals surface area contributed by atoms with E-state index in [0.717, 1.165) is 0 Å². The van der Waals surface area contributed by atoms with E-state index in [0.29, 0.717) is 21.9 Å². The van der Waals surface area contributed by atoms with E-state index in [9.17, 15) is 14.7 Å². The van der Waals surface area contributed by atoms with Crippen LogP contribution < -0.4 is 4.74 Å². The maximum absolute atomic E-state index is 12.7. The predicted molar refractivity (Wildman–Crippen MR) is 104 cm³/mol. The minimum absolute atomic E-state index is 0.0364. The topological polar surface area (TPSA) is 66.8 Å². The van der Waals surface area contributed by atoms with Gasteiger partial charge in [-0.15, -0.1) is 6.58 Å². The zero-order chi connectivity index (χ0) is 19.6. The first-order valence-electron chi connectivity index (χ1n) is 8.27. The number of Topliss-reactive ketones (excluding diaryl/α,β-unsaturated/α-hetero) is 1. The first kappa shape index (κ1) is 18.7. The maximum atomic E-state index is 12.7. The van der Waals surface area contributed by atoms with Gasteiger partial charge in [0, 0.05) is 17.1 Å². The van der Waals surface area contributed by atoms with Crippen molar-refractivity contribution in [2.75, 3.05) is 13.7 Å². The Morgan fingerprint density at radius 3 is 2.37 bits per heavy atom. The molecule has 1 amide bonds. The van der Waals surface area contributed by atoms with Crippen LogP contribution in [0.3, 0.4) is 0 Å². The SMILES string of the molecule is C=CCN1C(=O)C(=O)/C(=C(/O)c2ccc(Cl)cc2)C1c1ccc(OC)cc1. The minimum atomic E-state index is -0.731. The van der Waals surface area contributed by atoms with E-state index < -0.39 is 17.7 Å². The number of carbonyl (C=O) groups is 2. The van der Waals surface area contributed by atoms with Crippen molar-refractivity contribution in [3.05, 3.63) is 82.9 Å². The fourth-order valence-corrected chi connectivity index (χ4v) is 3.23. The molecule has 2 aromatic rings. The summed E-state index contributed by atoms with van der Waals surface area (Å²) in [6, 6.07) is 12.7. The predicted octanol–water partition coefficient (Wildman–Crippen LogP) is 3.96. The molecular weight excluding hydrogens is 366 g/mol. The van der Waals surface area contributed by atoms with E-state index >= 15 is 0 Å². The molecule has 27 heavy (non-hydrogen) atoms. The summed E-state index contributed by atoms with van der Waals surface area (Å²) in [6.45, 7) is 3.84. The molecule has 0 spiro atoms. The normalized spacial score (nSPS) is 18.6. The average Bonchev–Trinajstić information content (AvgIpc) is 2.93. The third-order valence-corrected chi connectivity index (χ3v) is 4.67. The van der Waals surface area contributed by atoms with Crippen LogP contribution in [0.15, 0.2) is 66.8 Å². The lowest BCUT2D eigenvalue weighted by atomic mass is 9.95. The number of aliphatic hydroxyl groups excluding tert-OH is 1. The number of hydrogen-bond donors (Lipinski definition) is 1. The summed E-state index contributed by atoms with van der Waals surface area (Å²) in [5, 5.41) is 11.3. The van der Waals surface area contributed by atoms with Gasteiger partial charge in [-0.25, -0.2) is 0 Å². The van der Waals surface area contributed by atoms with Gasteiger partial charge < -0.3 is 14.7 Å². The van der Waals surface area contributed by atoms with Crippen molar-refractivity contribution in [2.45, 2.75) is 6.04 Å². The quantitative estimate of drug-likeness (QED) is 0.367. The molecule has 0 radical (unpaired) electrons. The smallest absolute Gasteiger partial charge is 0.295 e. The second-order valence-electron chi connectivity index (χ2n) is 6.02. The fraction of sp³-hybridized carbons (Fsp3) is 0.143. The molecule has 1 atom stereocenters. The molecule has 5 nitrogen and oxygen atoms in total. The molecule has 2 aromatic carbocycles. The number of ketones is 1. The Balaban J connectivity index is 2.16. The van der Waals surface area contributed by atoms with Gasteiger partial charge in [0.2, 0.25) is 0 Å². The number of carbonyl (C=O) groups excluding carboxylic acids is 2. The lowest BCUT2D eigenvalue weighted by Gasteiger charge is -2.24. The summed E-state index contributed by atoms with van der Waals surface area (Å²) in [6.07, 6.45) is 1.55. The standard InChI is InChI=1S/C21H18ClNO4/c1-3-12-23-18(13-6-10-16(27-2)11-7-13)17(20(25)21(23)26)19(24)14-4-8-15(22)9-5-14/h3-11,18,24H,1,12H2,2H3/b19-17+. The lowest BCUT2D eigenvalue weighted by molar-refractivity contribution is -0.139. The minimum Gasteiger partial charge on any atom is -0.507 e. The van der Waals surface area contributed by atoms with Crippen molar-refractivity contribution >= 4 is 29.1 Å². The number of likely N-dealkylation sites (tertiary alicyclic amines) is 1. The number of hydrogen-bond acceptors (Lipinski definition) is 4. The second-order valence-corrected chi connectivity index (χ2v) is 6.46. The second kappa shape index (κ2) is 7.68. The molecule has 3 rings (SSSR count). The number of aliphatic hydroxyl groups is 1. The summed E-state index contributed by atoms with van der Waals surface area (Å²) in [7, 11) is 1.55. The third kappa shape index (κ3) is 3.46. The van der Waals surface area contributed by atoms with Gasteiger partial charge in [-0.05, 0) is 42.0 Å². The van der Waals surface area contributed by atoms with Crippen LogP contribution >= 0.6 is 11.6 Å². The molecule has 0 aromatic heterocycles. The summed E-state index contributed by atoms with van der Waals surface area (Å²) >= 11 is 5.90. The van der Waals surface area contributed by atoms with E-state index in [1.807, 2.05) is 0 Å². The van der Waals surface area contributed by atoms with Crippen LogP contribution in [0.2, 0.25) is 5.02 Å². The van der Waals surface area contributed by atoms with Crippen molar-refractivity contribution in [2.24, 2.45) is 0 Å². The van der Waals surface area contributed by atoms with Gasteiger partial charge >= 0.3 is 0 Å². The van der Waals surface area contributed by atoms with Crippen LogP contribution in [0.25, 0.3) is 5.76 Å². The Kier molecular flexibility index (Phi) is 5.33. The Labute approximate surface area is 162 Å². The van der Waals surface area contributed by atoms with Gasteiger partial charge in [-0.2, -0.15) is 0 Å². The van der Waals surface area contributed by atoms with Crippen LogP contribution in [0.4, 0.5) is 0 Å². The van der Waals surface area contributed by atoms with Crippen molar-refractivity contribution in [1.29, 1.82) is 0 Å².